The van der Waals surface area contributed by atoms with E-state index in [1.807, 2.05) is 4.68 Å². The first kappa shape index (κ1) is 12.5. The maximum atomic E-state index is 4.18. The van der Waals surface area contributed by atoms with Crippen molar-refractivity contribution in [1.29, 1.82) is 0 Å². The summed E-state index contributed by atoms with van der Waals surface area (Å²) in [5.41, 5.74) is 0.137. The van der Waals surface area contributed by atoms with Gasteiger partial charge in [-0.2, -0.15) is 0 Å². The Morgan fingerprint density at radius 2 is 2.06 bits per heavy atom. The molecule has 1 aromatic rings. The molecule has 0 radical (unpaired) electrons. The lowest BCUT2D eigenvalue weighted by Gasteiger charge is -2.24. The molecule has 0 saturated heterocycles. The fourth-order valence-corrected chi connectivity index (χ4v) is 2.56. The Kier molecular flexibility index (Phi) is 3.76. The van der Waals surface area contributed by atoms with Gasteiger partial charge in [0.1, 0.15) is 0 Å². The van der Waals surface area contributed by atoms with E-state index >= 15 is 0 Å². The Bertz CT molecular complexity index is 352. The molecule has 17 heavy (non-hydrogen) atoms. The molecule has 0 bridgehead atoms. The van der Waals surface area contributed by atoms with Crippen molar-refractivity contribution < 1.29 is 0 Å². The molecule has 0 aromatic carbocycles. The smallest absolute Gasteiger partial charge is 0.165 e. The fourth-order valence-electron chi connectivity index (χ4n) is 2.56. The van der Waals surface area contributed by atoms with Crippen LogP contribution in [0.3, 0.4) is 0 Å². The Morgan fingerprint density at radius 1 is 1.35 bits per heavy atom. The Labute approximate surface area is 103 Å². The van der Waals surface area contributed by atoms with Gasteiger partial charge in [-0.25, -0.2) is 4.68 Å². The largest absolute Gasteiger partial charge is 0.310 e. The van der Waals surface area contributed by atoms with Gasteiger partial charge >= 0.3 is 0 Å². The summed E-state index contributed by atoms with van der Waals surface area (Å²) in [5.74, 6) is 1.62. The van der Waals surface area contributed by atoms with E-state index in [1.165, 1.54) is 25.7 Å². The van der Waals surface area contributed by atoms with Crippen molar-refractivity contribution in [3.8, 4) is 0 Å². The highest BCUT2D eigenvalue weighted by molar-refractivity contribution is 4.93. The van der Waals surface area contributed by atoms with Gasteiger partial charge in [-0.1, -0.05) is 26.7 Å². The standard InChI is InChI=1S/C12H23N5/c1-10(2)8-13-9-11-14-15-16-17(11)12(3)6-4-5-7-12/h10,13H,4-9H2,1-3H3. The Morgan fingerprint density at radius 3 is 2.71 bits per heavy atom. The summed E-state index contributed by atoms with van der Waals surface area (Å²) in [6, 6.07) is 0. The van der Waals surface area contributed by atoms with Crippen LogP contribution in [0, 0.1) is 5.92 Å². The van der Waals surface area contributed by atoms with Gasteiger partial charge in [0.25, 0.3) is 0 Å². The van der Waals surface area contributed by atoms with Gasteiger partial charge in [-0.3, -0.25) is 0 Å². The first-order chi connectivity index (χ1) is 8.12. The number of aromatic nitrogens is 4. The van der Waals surface area contributed by atoms with Gasteiger partial charge in [0.05, 0.1) is 12.1 Å². The predicted molar refractivity (Wildman–Crippen MR) is 66.5 cm³/mol. The van der Waals surface area contributed by atoms with E-state index in [0.717, 1.165) is 18.9 Å². The number of nitrogens with one attached hydrogen (secondary N) is 1. The molecule has 96 valence electrons. The van der Waals surface area contributed by atoms with Crippen LogP contribution in [0.1, 0.15) is 52.3 Å². The lowest BCUT2D eigenvalue weighted by molar-refractivity contribution is 0.277. The maximum Gasteiger partial charge on any atom is 0.165 e. The summed E-state index contributed by atoms with van der Waals surface area (Å²) in [5, 5.41) is 15.6. The molecule has 5 heteroatoms. The molecule has 0 atom stereocenters. The van der Waals surface area contributed by atoms with Gasteiger partial charge in [-0.05, 0) is 42.7 Å². The van der Waals surface area contributed by atoms with E-state index in [-0.39, 0.29) is 5.54 Å². The van der Waals surface area contributed by atoms with Gasteiger partial charge in [0, 0.05) is 0 Å². The minimum absolute atomic E-state index is 0.137. The van der Waals surface area contributed by atoms with Crippen LogP contribution in [-0.2, 0) is 12.1 Å². The van der Waals surface area contributed by atoms with Crippen molar-refractivity contribution in [3.63, 3.8) is 0 Å². The number of hydrogen-bond donors (Lipinski definition) is 1. The second-order valence-corrected chi connectivity index (χ2v) is 5.74. The predicted octanol–water partition coefficient (Wildman–Crippen LogP) is 1.71. The molecule has 1 aliphatic carbocycles. The van der Waals surface area contributed by atoms with Crippen LogP contribution in [0.4, 0.5) is 0 Å². The summed E-state index contributed by atoms with van der Waals surface area (Å²) >= 11 is 0. The number of nitrogens with zero attached hydrogens (tertiary/aromatic N) is 4. The minimum Gasteiger partial charge on any atom is -0.310 e. The van der Waals surface area contributed by atoms with E-state index in [1.54, 1.807) is 0 Å². The van der Waals surface area contributed by atoms with E-state index in [4.69, 9.17) is 0 Å². The van der Waals surface area contributed by atoms with Crippen molar-refractivity contribution in [2.24, 2.45) is 5.92 Å². The van der Waals surface area contributed by atoms with Crippen molar-refractivity contribution in [2.45, 2.75) is 58.5 Å². The molecule has 0 aliphatic heterocycles. The molecule has 0 unspecified atom stereocenters. The third-order valence-corrected chi connectivity index (χ3v) is 3.56. The normalized spacial score (nSPS) is 19.1. The highest BCUT2D eigenvalue weighted by atomic mass is 15.6. The van der Waals surface area contributed by atoms with Crippen molar-refractivity contribution in [3.05, 3.63) is 5.82 Å². The zero-order valence-corrected chi connectivity index (χ0v) is 11.1. The molecule has 1 saturated carbocycles. The second kappa shape index (κ2) is 5.12. The van der Waals surface area contributed by atoms with Crippen LogP contribution >= 0.6 is 0 Å². The summed E-state index contributed by atoms with van der Waals surface area (Å²) in [4.78, 5) is 0. The van der Waals surface area contributed by atoms with Crippen molar-refractivity contribution >= 4 is 0 Å². The molecular weight excluding hydrogens is 214 g/mol. The van der Waals surface area contributed by atoms with Gasteiger partial charge in [-0.15, -0.1) is 5.10 Å². The zero-order valence-electron chi connectivity index (χ0n) is 11.1. The SMILES string of the molecule is CC(C)CNCc1nnnn1C1(C)CCCC1. The maximum absolute atomic E-state index is 4.18. The van der Waals surface area contributed by atoms with Crippen LogP contribution < -0.4 is 5.32 Å². The quantitative estimate of drug-likeness (QED) is 0.847. The second-order valence-electron chi connectivity index (χ2n) is 5.74. The van der Waals surface area contributed by atoms with Crippen LogP contribution in [0.25, 0.3) is 0 Å². The van der Waals surface area contributed by atoms with E-state index in [9.17, 15) is 0 Å². The lowest BCUT2D eigenvalue weighted by Crippen LogP contribution is -2.32. The van der Waals surface area contributed by atoms with Crippen LogP contribution in [-0.4, -0.2) is 26.8 Å². The molecule has 2 rings (SSSR count). The number of hydrogen-bond acceptors (Lipinski definition) is 4. The molecule has 0 spiro atoms. The number of tetrazole rings is 1. The average molecular weight is 237 g/mol. The molecule has 1 aromatic heterocycles. The molecule has 1 N–H and O–H groups in total. The molecule has 1 fully saturated rings. The fraction of sp³-hybridized carbons (Fsp3) is 0.917. The summed E-state index contributed by atoms with van der Waals surface area (Å²) in [7, 11) is 0. The van der Waals surface area contributed by atoms with Crippen LogP contribution in [0.2, 0.25) is 0 Å². The molecular formula is C12H23N5. The first-order valence-electron chi connectivity index (χ1n) is 6.60. The van der Waals surface area contributed by atoms with Gasteiger partial charge in [0.15, 0.2) is 5.82 Å². The van der Waals surface area contributed by atoms with Crippen molar-refractivity contribution in [1.82, 2.24) is 25.5 Å². The highest BCUT2D eigenvalue weighted by Crippen LogP contribution is 2.35. The zero-order chi connectivity index (χ0) is 12.3. The highest BCUT2D eigenvalue weighted by Gasteiger charge is 2.33. The molecule has 0 amide bonds. The summed E-state index contributed by atoms with van der Waals surface area (Å²) in [6.07, 6.45) is 4.95. The Balaban J connectivity index is 2.01. The van der Waals surface area contributed by atoms with Gasteiger partial charge < -0.3 is 5.32 Å². The van der Waals surface area contributed by atoms with Crippen LogP contribution in [0.15, 0.2) is 0 Å². The van der Waals surface area contributed by atoms with E-state index in [0.29, 0.717) is 5.92 Å². The minimum atomic E-state index is 0.137. The monoisotopic (exact) mass is 237 g/mol. The molecule has 1 heterocycles. The topological polar surface area (TPSA) is 55.6 Å². The van der Waals surface area contributed by atoms with Crippen LogP contribution in [0.5, 0.6) is 0 Å². The van der Waals surface area contributed by atoms with Gasteiger partial charge in [0.2, 0.25) is 0 Å². The number of rotatable bonds is 5. The first-order valence-corrected chi connectivity index (χ1v) is 6.60. The molecule has 1 aliphatic rings. The third kappa shape index (κ3) is 2.83. The average Bonchev–Trinajstić information content (AvgIpc) is 2.87. The lowest BCUT2D eigenvalue weighted by atomic mass is 10.0. The van der Waals surface area contributed by atoms with Crippen molar-refractivity contribution in [2.75, 3.05) is 6.54 Å². The third-order valence-electron chi connectivity index (χ3n) is 3.56. The van der Waals surface area contributed by atoms with E-state index < -0.39 is 0 Å². The Hall–Kier alpha value is -0.970. The summed E-state index contributed by atoms with van der Waals surface area (Å²) < 4.78 is 2.04. The molecule has 5 nitrogen and oxygen atoms in total. The van der Waals surface area contributed by atoms with E-state index in [2.05, 4.69) is 41.6 Å². The summed E-state index contributed by atoms with van der Waals surface area (Å²) in [6.45, 7) is 8.44.